The SMILES string of the molecule is O=C(CCc1nc(-c2cccc(F)c2)no1)N1CCN(C/C=C/c2ccccc2)CC1. The molecule has 1 saturated heterocycles. The zero-order valence-corrected chi connectivity index (χ0v) is 17.3. The van der Waals surface area contributed by atoms with Gasteiger partial charge in [0.25, 0.3) is 0 Å². The summed E-state index contributed by atoms with van der Waals surface area (Å²) in [5.41, 5.74) is 1.75. The number of halogens is 1. The Morgan fingerprint density at radius 2 is 1.87 bits per heavy atom. The van der Waals surface area contributed by atoms with E-state index in [1.54, 1.807) is 12.1 Å². The zero-order valence-electron chi connectivity index (χ0n) is 17.3. The van der Waals surface area contributed by atoms with Crippen LogP contribution in [-0.4, -0.2) is 58.6 Å². The molecule has 0 spiro atoms. The van der Waals surface area contributed by atoms with Crippen molar-refractivity contribution < 1.29 is 13.7 Å². The lowest BCUT2D eigenvalue weighted by Crippen LogP contribution is -2.48. The molecule has 0 bridgehead atoms. The Hall–Kier alpha value is -3.32. The molecular formula is C24H25FN4O2. The fourth-order valence-electron chi connectivity index (χ4n) is 3.56. The van der Waals surface area contributed by atoms with Crippen molar-refractivity contribution in [1.29, 1.82) is 0 Å². The average molecular weight is 420 g/mol. The van der Waals surface area contributed by atoms with E-state index in [1.165, 1.54) is 17.7 Å². The molecule has 6 nitrogen and oxygen atoms in total. The highest BCUT2D eigenvalue weighted by Crippen LogP contribution is 2.17. The minimum Gasteiger partial charge on any atom is -0.340 e. The minimum atomic E-state index is -0.353. The number of aromatic nitrogens is 2. The first kappa shape index (κ1) is 20.9. The Bertz CT molecular complexity index is 1030. The van der Waals surface area contributed by atoms with Gasteiger partial charge >= 0.3 is 0 Å². The van der Waals surface area contributed by atoms with Crippen LogP contribution < -0.4 is 0 Å². The summed E-state index contributed by atoms with van der Waals surface area (Å²) in [5, 5.41) is 3.89. The van der Waals surface area contributed by atoms with Crippen molar-refractivity contribution >= 4 is 12.0 Å². The van der Waals surface area contributed by atoms with Crippen molar-refractivity contribution in [3.63, 3.8) is 0 Å². The Kier molecular flexibility index (Phi) is 6.84. The van der Waals surface area contributed by atoms with Gasteiger partial charge in [-0.05, 0) is 17.7 Å². The van der Waals surface area contributed by atoms with Crippen LogP contribution in [-0.2, 0) is 11.2 Å². The van der Waals surface area contributed by atoms with Crippen molar-refractivity contribution in [2.24, 2.45) is 0 Å². The number of carbonyl (C=O) groups excluding carboxylic acids is 1. The number of carbonyl (C=O) groups is 1. The summed E-state index contributed by atoms with van der Waals surface area (Å²) in [4.78, 5) is 21.1. The van der Waals surface area contributed by atoms with Gasteiger partial charge in [0.05, 0.1) is 0 Å². The molecule has 2 aromatic carbocycles. The second kappa shape index (κ2) is 10.1. The summed E-state index contributed by atoms with van der Waals surface area (Å²) in [5.74, 6) is 0.454. The van der Waals surface area contributed by atoms with Crippen molar-refractivity contribution in [3.05, 3.63) is 77.9 Å². The Labute approximate surface area is 181 Å². The van der Waals surface area contributed by atoms with Gasteiger partial charge in [-0.25, -0.2) is 4.39 Å². The van der Waals surface area contributed by atoms with Gasteiger partial charge in [-0.1, -0.05) is 59.8 Å². The van der Waals surface area contributed by atoms with Gasteiger partial charge in [0.2, 0.25) is 17.6 Å². The lowest BCUT2D eigenvalue weighted by atomic mass is 10.2. The van der Waals surface area contributed by atoms with E-state index in [0.29, 0.717) is 30.1 Å². The normalized spacial score (nSPS) is 14.9. The number of hydrogen-bond donors (Lipinski definition) is 0. The monoisotopic (exact) mass is 420 g/mol. The number of amides is 1. The zero-order chi connectivity index (χ0) is 21.5. The maximum atomic E-state index is 13.3. The number of nitrogens with zero attached hydrogens (tertiary/aromatic N) is 4. The third-order valence-electron chi connectivity index (χ3n) is 5.30. The molecule has 2 heterocycles. The van der Waals surface area contributed by atoms with Crippen LogP contribution in [0.2, 0.25) is 0 Å². The number of aryl methyl sites for hydroxylation is 1. The van der Waals surface area contributed by atoms with E-state index >= 15 is 0 Å². The summed E-state index contributed by atoms with van der Waals surface area (Å²) in [6.45, 7) is 4.03. The molecule has 1 aromatic heterocycles. The molecule has 0 radical (unpaired) electrons. The molecule has 0 saturated carbocycles. The number of hydrogen-bond acceptors (Lipinski definition) is 5. The number of piperazine rings is 1. The highest BCUT2D eigenvalue weighted by molar-refractivity contribution is 5.76. The van der Waals surface area contributed by atoms with Crippen LogP contribution in [0.4, 0.5) is 4.39 Å². The fraction of sp³-hybridized carbons (Fsp3) is 0.292. The van der Waals surface area contributed by atoms with Gasteiger partial charge in [0, 0.05) is 51.1 Å². The van der Waals surface area contributed by atoms with E-state index < -0.39 is 0 Å². The smallest absolute Gasteiger partial charge is 0.227 e. The topological polar surface area (TPSA) is 62.5 Å². The van der Waals surface area contributed by atoms with E-state index in [2.05, 4.69) is 39.3 Å². The Morgan fingerprint density at radius 3 is 2.65 bits per heavy atom. The van der Waals surface area contributed by atoms with Crippen molar-refractivity contribution in [2.45, 2.75) is 12.8 Å². The van der Waals surface area contributed by atoms with E-state index in [0.717, 1.165) is 32.7 Å². The van der Waals surface area contributed by atoms with Crippen molar-refractivity contribution in [1.82, 2.24) is 19.9 Å². The van der Waals surface area contributed by atoms with Gasteiger partial charge in [-0.15, -0.1) is 0 Å². The third-order valence-corrected chi connectivity index (χ3v) is 5.30. The summed E-state index contributed by atoms with van der Waals surface area (Å²) in [7, 11) is 0. The maximum Gasteiger partial charge on any atom is 0.227 e. The van der Waals surface area contributed by atoms with Gasteiger partial charge in [-0.2, -0.15) is 4.98 Å². The van der Waals surface area contributed by atoms with Gasteiger partial charge in [0.1, 0.15) is 5.82 Å². The molecule has 1 aliphatic rings. The predicted octanol–water partition coefficient (Wildman–Crippen LogP) is 3.67. The first-order valence-corrected chi connectivity index (χ1v) is 10.5. The summed E-state index contributed by atoms with van der Waals surface area (Å²) < 4.78 is 18.6. The van der Waals surface area contributed by atoms with Crippen molar-refractivity contribution in [2.75, 3.05) is 32.7 Å². The van der Waals surface area contributed by atoms with E-state index in [1.807, 2.05) is 23.1 Å². The van der Waals surface area contributed by atoms with E-state index in [9.17, 15) is 9.18 Å². The summed E-state index contributed by atoms with van der Waals surface area (Å²) in [6.07, 6.45) is 4.98. The van der Waals surface area contributed by atoms with Crippen LogP contribution in [0, 0.1) is 5.82 Å². The second-order valence-corrected chi connectivity index (χ2v) is 7.52. The van der Waals surface area contributed by atoms with Crippen LogP contribution in [0.15, 0.2) is 65.2 Å². The molecule has 1 amide bonds. The first-order valence-electron chi connectivity index (χ1n) is 10.5. The summed E-state index contributed by atoms with van der Waals surface area (Å²) >= 11 is 0. The molecule has 3 aromatic rings. The van der Waals surface area contributed by atoms with Crippen LogP contribution in [0.5, 0.6) is 0 Å². The van der Waals surface area contributed by atoms with Gasteiger partial charge < -0.3 is 9.42 Å². The maximum absolute atomic E-state index is 13.3. The third kappa shape index (κ3) is 5.86. The minimum absolute atomic E-state index is 0.0879. The van der Waals surface area contributed by atoms with E-state index in [4.69, 9.17) is 4.52 Å². The number of benzene rings is 2. The molecule has 0 atom stereocenters. The number of rotatable bonds is 7. The first-order chi connectivity index (χ1) is 15.2. The molecular weight excluding hydrogens is 395 g/mol. The molecule has 7 heteroatoms. The summed E-state index contributed by atoms with van der Waals surface area (Å²) in [6, 6.07) is 16.3. The van der Waals surface area contributed by atoms with E-state index in [-0.39, 0.29) is 11.7 Å². The average Bonchev–Trinajstić information content (AvgIpc) is 3.28. The lowest BCUT2D eigenvalue weighted by Gasteiger charge is -2.34. The molecule has 160 valence electrons. The van der Waals surface area contributed by atoms with Crippen LogP contribution in [0.25, 0.3) is 17.5 Å². The van der Waals surface area contributed by atoms with Crippen LogP contribution in [0.3, 0.4) is 0 Å². The quantitative estimate of drug-likeness (QED) is 0.584. The van der Waals surface area contributed by atoms with Crippen LogP contribution >= 0.6 is 0 Å². The fourth-order valence-corrected chi connectivity index (χ4v) is 3.56. The predicted molar refractivity (Wildman–Crippen MR) is 117 cm³/mol. The molecule has 0 unspecified atom stereocenters. The molecule has 0 N–H and O–H groups in total. The molecule has 31 heavy (non-hydrogen) atoms. The molecule has 4 rings (SSSR count). The van der Waals surface area contributed by atoms with Crippen molar-refractivity contribution in [3.8, 4) is 11.4 Å². The van der Waals surface area contributed by atoms with Gasteiger partial charge in [0.15, 0.2) is 0 Å². The Balaban J connectivity index is 1.20. The largest absolute Gasteiger partial charge is 0.340 e. The van der Waals surface area contributed by atoms with Gasteiger partial charge in [-0.3, -0.25) is 9.69 Å². The molecule has 0 aliphatic carbocycles. The standard InChI is InChI=1S/C24H25FN4O2/c25-21-10-4-9-20(18-21)24-26-22(31-27-24)11-12-23(30)29-16-14-28(15-17-29)13-5-8-19-6-2-1-3-7-19/h1-10,18H,11-17H2/b8-5+. The molecule has 1 aliphatic heterocycles. The highest BCUT2D eigenvalue weighted by atomic mass is 19.1. The Morgan fingerprint density at radius 1 is 1.06 bits per heavy atom. The van der Waals surface area contributed by atoms with Crippen LogP contribution in [0.1, 0.15) is 17.9 Å². The molecule has 1 fully saturated rings. The highest BCUT2D eigenvalue weighted by Gasteiger charge is 2.21. The second-order valence-electron chi connectivity index (χ2n) is 7.52. The lowest BCUT2D eigenvalue weighted by molar-refractivity contribution is -0.132.